The lowest BCUT2D eigenvalue weighted by molar-refractivity contribution is -0.123. The molecule has 2 aliphatic heterocycles. The molecule has 0 saturated carbocycles. The van der Waals surface area contributed by atoms with Crippen LogP contribution < -0.4 is 21.5 Å². The minimum absolute atomic E-state index is 0.000267. The highest BCUT2D eigenvalue weighted by Crippen LogP contribution is 2.22. The van der Waals surface area contributed by atoms with Gasteiger partial charge in [-0.25, -0.2) is 10.2 Å². The van der Waals surface area contributed by atoms with Gasteiger partial charge in [-0.2, -0.15) is 0 Å². The van der Waals surface area contributed by atoms with E-state index in [9.17, 15) is 9.59 Å². The van der Waals surface area contributed by atoms with Crippen molar-refractivity contribution in [2.24, 2.45) is 5.92 Å². The summed E-state index contributed by atoms with van der Waals surface area (Å²) < 4.78 is 0. The van der Waals surface area contributed by atoms with Crippen LogP contribution in [0.4, 0.5) is 10.5 Å². The topological polar surface area (TPSA) is 85.5 Å². The molecular formula is C19H28BrN5O2. The van der Waals surface area contributed by atoms with E-state index in [1.54, 1.807) is 4.90 Å². The molecule has 27 heavy (non-hydrogen) atoms. The van der Waals surface area contributed by atoms with Gasteiger partial charge in [-0.15, -0.1) is 0 Å². The van der Waals surface area contributed by atoms with Gasteiger partial charge < -0.3 is 15.5 Å². The zero-order valence-electron chi connectivity index (χ0n) is 15.7. The van der Waals surface area contributed by atoms with Crippen molar-refractivity contribution in [3.63, 3.8) is 0 Å². The summed E-state index contributed by atoms with van der Waals surface area (Å²) in [5.74, 6) is 0.422. The maximum atomic E-state index is 12.6. The SMILES string of the molecule is CC(C)C1NNC(C(=O)NC2CCN(C(=O)Nc3ccccc3)CC2)C1Br. The van der Waals surface area contributed by atoms with Crippen LogP contribution in [-0.2, 0) is 4.79 Å². The molecule has 2 fully saturated rings. The quantitative estimate of drug-likeness (QED) is 0.543. The lowest BCUT2D eigenvalue weighted by Crippen LogP contribution is -2.53. The van der Waals surface area contributed by atoms with Gasteiger partial charge in [-0.3, -0.25) is 10.2 Å². The largest absolute Gasteiger partial charge is 0.352 e. The van der Waals surface area contributed by atoms with Crippen LogP contribution in [0.1, 0.15) is 26.7 Å². The molecule has 2 saturated heterocycles. The summed E-state index contributed by atoms with van der Waals surface area (Å²) in [6, 6.07) is 9.36. The number of urea groups is 1. The molecule has 0 aromatic heterocycles. The molecule has 2 aliphatic rings. The fourth-order valence-corrected chi connectivity index (χ4v) is 4.65. The average molecular weight is 438 g/mol. The first-order valence-electron chi connectivity index (χ1n) is 9.52. The van der Waals surface area contributed by atoms with E-state index < -0.39 is 0 Å². The van der Waals surface area contributed by atoms with Gasteiger partial charge >= 0.3 is 6.03 Å². The predicted octanol–water partition coefficient (Wildman–Crippen LogP) is 2.06. The summed E-state index contributed by atoms with van der Waals surface area (Å²) in [4.78, 5) is 26.8. The molecule has 0 bridgehead atoms. The molecule has 0 spiro atoms. The van der Waals surface area contributed by atoms with E-state index in [0.29, 0.717) is 19.0 Å². The summed E-state index contributed by atoms with van der Waals surface area (Å²) in [6.07, 6.45) is 1.52. The Bertz CT molecular complexity index is 649. The van der Waals surface area contributed by atoms with E-state index in [4.69, 9.17) is 0 Å². The number of likely N-dealkylation sites (tertiary alicyclic amines) is 1. The molecule has 1 aromatic carbocycles. The number of hydrazine groups is 1. The van der Waals surface area contributed by atoms with Gasteiger partial charge in [0.2, 0.25) is 5.91 Å². The average Bonchev–Trinajstić information content (AvgIpc) is 3.05. The molecule has 8 heteroatoms. The summed E-state index contributed by atoms with van der Waals surface area (Å²) in [6.45, 7) is 5.52. The standard InChI is InChI=1S/C19H28BrN5O2/c1-12(2)16-15(20)17(24-23-16)18(26)21-14-8-10-25(11-9-14)19(27)22-13-6-4-3-5-7-13/h3-7,12,14-17,23-24H,8-11H2,1-2H3,(H,21,26)(H,22,27). The van der Waals surface area contributed by atoms with E-state index >= 15 is 0 Å². The first-order chi connectivity index (χ1) is 13.0. The number of hydrogen-bond donors (Lipinski definition) is 4. The van der Waals surface area contributed by atoms with Gasteiger partial charge in [0.15, 0.2) is 0 Å². The minimum Gasteiger partial charge on any atom is -0.352 e. The number of rotatable bonds is 4. The van der Waals surface area contributed by atoms with Crippen LogP contribution in [0.2, 0.25) is 0 Å². The molecule has 148 valence electrons. The first-order valence-corrected chi connectivity index (χ1v) is 10.4. The second-order valence-electron chi connectivity index (χ2n) is 7.55. The number of para-hydroxylation sites is 1. The molecule has 3 atom stereocenters. The highest BCUT2D eigenvalue weighted by Gasteiger charge is 2.40. The third-order valence-corrected chi connectivity index (χ3v) is 6.32. The molecule has 3 rings (SSSR count). The number of halogens is 1. The number of amides is 3. The van der Waals surface area contributed by atoms with Crippen LogP contribution in [0.3, 0.4) is 0 Å². The highest BCUT2D eigenvalue weighted by molar-refractivity contribution is 9.09. The molecule has 2 heterocycles. The van der Waals surface area contributed by atoms with Crippen molar-refractivity contribution in [3.05, 3.63) is 30.3 Å². The van der Waals surface area contributed by atoms with Crippen LogP contribution in [0.15, 0.2) is 30.3 Å². The summed E-state index contributed by atoms with van der Waals surface area (Å²) >= 11 is 3.65. The molecule has 3 unspecified atom stereocenters. The monoisotopic (exact) mass is 437 g/mol. The third-order valence-electron chi connectivity index (χ3n) is 5.22. The molecule has 4 N–H and O–H groups in total. The number of piperidine rings is 1. The number of anilines is 1. The number of alkyl halides is 1. The highest BCUT2D eigenvalue weighted by atomic mass is 79.9. The maximum absolute atomic E-state index is 12.6. The summed E-state index contributed by atoms with van der Waals surface area (Å²) in [5, 5.41) is 6.04. The van der Waals surface area contributed by atoms with Crippen molar-refractivity contribution in [2.45, 2.75) is 49.6 Å². The Kier molecular flexibility index (Phi) is 6.73. The number of hydrogen-bond acceptors (Lipinski definition) is 4. The number of carbonyl (C=O) groups is 2. The lowest BCUT2D eigenvalue weighted by atomic mass is 9.98. The zero-order valence-corrected chi connectivity index (χ0v) is 17.3. The van der Waals surface area contributed by atoms with Crippen LogP contribution in [-0.4, -0.2) is 52.9 Å². The Hall–Kier alpha value is -1.64. The first kappa shape index (κ1) is 20.1. The van der Waals surface area contributed by atoms with Crippen molar-refractivity contribution in [1.82, 2.24) is 21.1 Å². The molecule has 7 nitrogen and oxygen atoms in total. The predicted molar refractivity (Wildman–Crippen MR) is 110 cm³/mol. The van der Waals surface area contributed by atoms with Crippen molar-refractivity contribution >= 4 is 33.6 Å². The fraction of sp³-hybridized carbons (Fsp3) is 0.579. The maximum Gasteiger partial charge on any atom is 0.321 e. The molecule has 1 aromatic rings. The molecular weight excluding hydrogens is 410 g/mol. The van der Waals surface area contributed by atoms with Crippen LogP contribution in [0.5, 0.6) is 0 Å². The van der Waals surface area contributed by atoms with Gasteiger partial charge in [0.05, 0.1) is 4.83 Å². The van der Waals surface area contributed by atoms with Crippen LogP contribution in [0.25, 0.3) is 0 Å². The van der Waals surface area contributed by atoms with Crippen molar-refractivity contribution in [3.8, 4) is 0 Å². The number of nitrogens with one attached hydrogen (secondary N) is 4. The molecule has 0 radical (unpaired) electrons. The van der Waals surface area contributed by atoms with Gasteiger partial charge in [0.1, 0.15) is 6.04 Å². The minimum atomic E-state index is -0.295. The van der Waals surface area contributed by atoms with E-state index in [1.807, 2.05) is 30.3 Å². The Labute approximate surface area is 168 Å². The van der Waals surface area contributed by atoms with E-state index in [0.717, 1.165) is 18.5 Å². The van der Waals surface area contributed by atoms with Gasteiger partial charge in [-0.1, -0.05) is 48.0 Å². The number of nitrogens with zero attached hydrogens (tertiary/aromatic N) is 1. The summed E-state index contributed by atoms with van der Waals surface area (Å²) in [7, 11) is 0. The second kappa shape index (κ2) is 9.03. The Morgan fingerprint density at radius 3 is 2.41 bits per heavy atom. The van der Waals surface area contributed by atoms with Crippen molar-refractivity contribution in [1.29, 1.82) is 0 Å². The molecule has 3 amide bonds. The van der Waals surface area contributed by atoms with Gasteiger partial charge in [-0.05, 0) is 30.9 Å². The van der Waals surface area contributed by atoms with Crippen LogP contribution >= 0.6 is 15.9 Å². The Morgan fingerprint density at radius 1 is 1.15 bits per heavy atom. The van der Waals surface area contributed by atoms with E-state index in [-0.39, 0.29) is 34.9 Å². The van der Waals surface area contributed by atoms with Crippen LogP contribution in [0, 0.1) is 5.92 Å². The Balaban J connectivity index is 1.44. The normalized spacial score (nSPS) is 26.2. The zero-order chi connectivity index (χ0) is 19.4. The number of benzene rings is 1. The smallest absolute Gasteiger partial charge is 0.321 e. The third kappa shape index (κ3) is 5.00. The number of carbonyl (C=O) groups excluding carboxylic acids is 2. The van der Waals surface area contributed by atoms with Crippen molar-refractivity contribution < 1.29 is 9.59 Å². The lowest BCUT2D eigenvalue weighted by Gasteiger charge is -2.33. The van der Waals surface area contributed by atoms with E-state index in [2.05, 4.69) is 51.3 Å². The van der Waals surface area contributed by atoms with E-state index in [1.165, 1.54) is 0 Å². The second-order valence-corrected chi connectivity index (χ2v) is 8.60. The Morgan fingerprint density at radius 2 is 1.81 bits per heavy atom. The van der Waals surface area contributed by atoms with Crippen molar-refractivity contribution in [2.75, 3.05) is 18.4 Å². The van der Waals surface area contributed by atoms with Gasteiger partial charge in [0, 0.05) is 30.9 Å². The van der Waals surface area contributed by atoms with Gasteiger partial charge in [0.25, 0.3) is 0 Å². The summed E-state index contributed by atoms with van der Waals surface area (Å²) in [5.41, 5.74) is 7.09. The molecule has 0 aliphatic carbocycles. The fourth-order valence-electron chi connectivity index (χ4n) is 3.54.